The van der Waals surface area contributed by atoms with Gasteiger partial charge in [0.2, 0.25) is 0 Å². The van der Waals surface area contributed by atoms with Gasteiger partial charge in [-0.25, -0.2) is 0 Å². The molecule has 0 atom stereocenters. The van der Waals surface area contributed by atoms with Crippen molar-refractivity contribution < 1.29 is 0 Å². The molecule has 0 unspecified atom stereocenters. The van der Waals surface area contributed by atoms with Gasteiger partial charge in [0.1, 0.15) is 0 Å². The average molecular weight is 228 g/mol. The summed E-state index contributed by atoms with van der Waals surface area (Å²) in [5.74, 6) is 0. The lowest BCUT2D eigenvalue weighted by Gasteiger charge is -2.09. The molecule has 1 heterocycles. The molecule has 0 saturated heterocycles. The molecule has 0 aliphatic heterocycles. The largest absolute Gasteiger partial charge is 0.325 e. The number of benzene rings is 1. The van der Waals surface area contributed by atoms with Crippen LogP contribution in [0.25, 0.3) is 5.69 Å². The van der Waals surface area contributed by atoms with E-state index in [1.54, 1.807) is 17.2 Å². The van der Waals surface area contributed by atoms with Crippen LogP contribution >= 0.6 is 0 Å². The number of hydrogen-bond acceptors (Lipinski definition) is 3. The quantitative estimate of drug-likeness (QED) is 0.866. The molecule has 1 aliphatic rings. The summed E-state index contributed by atoms with van der Waals surface area (Å²) < 4.78 is 0. The summed E-state index contributed by atoms with van der Waals surface area (Å²) in [5.41, 5.74) is 8.53. The molecule has 17 heavy (non-hydrogen) atoms. The number of hydrogen-bond donors (Lipinski definition) is 1. The molecular formula is C13H16N4. The first-order valence-corrected chi connectivity index (χ1v) is 6.00. The Labute approximate surface area is 100 Å². The first-order chi connectivity index (χ1) is 8.25. The molecule has 1 aromatic carbocycles. The summed E-state index contributed by atoms with van der Waals surface area (Å²) in [6.45, 7) is 0. The van der Waals surface area contributed by atoms with Crippen molar-refractivity contribution in [3.05, 3.63) is 42.2 Å². The third-order valence-electron chi connectivity index (χ3n) is 3.36. The molecule has 0 radical (unpaired) electrons. The normalized spacial score (nSPS) is 17.0. The summed E-state index contributed by atoms with van der Waals surface area (Å²) in [4.78, 5) is 1.64. The fourth-order valence-electron chi connectivity index (χ4n) is 1.99. The Bertz CT molecular complexity index is 500. The Morgan fingerprint density at radius 3 is 2.71 bits per heavy atom. The third kappa shape index (κ3) is 2.36. The Balaban J connectivity index is 1.75. The molecule has 0 spiro atoms. The number of aryl methyl sites for hydroxylation is 1. The van der Waals surface area contributed by atoms with Crippen LogP contribution in [0.3, 0.4) is 0 Å². The molecule has 4 heteroatoms. The van der Waals surface area contributed by atoms with Gasteiger partial charge in [-0.05, 0) is 43.4 Å². The van der Waals surface area contributed by atoms with Crippen LogP contribution in [0.1, 0.15) is 24.8 Å². The van der Waals surface area contributed by atoms with Gasteiger partial charge in [-0.2, -0.15) is 15.0 Å². The summed E-state index contributed by atoms with van der Waals surface area (Å²) in [6, 6.07) is 8.33. The maximum absolute atomic E-state index is 6.10. The van der Waals surface area contributed by atoms with Gasteiger partial charge in [0.25, 0.3) is 0 Å². The molecule has 0 bridgehead atoms. The van der Waals surface area contributed by atoms with Crippen molar-refractivity contribution in [1.29, 1.82) is 0 Å². The van der Waals surface area contributed by atoms with Gasteiger partial charge in [-0.15, -0.1) is 0 Å². The van der Waals surface area contributed by atoms with E-state index >= 15 is 0 Å². The zero-order chi connectivity index (χ0) is 11.7. The maximum atomic E-state index is 6.10. The highest BCUT2D eigenvalue weighted by Gasteiger charge is 2.37. The molecule has 1 saturated carbocycles. The minimum absolute atomic E-state index is 0.125. The standard InChI is InChI=1S/C13H16N4/c14-13(6-7-13)5-4-11-2-1-3-12(10-11)17-15-8-9-16-17/h1-3,8-10H,4-7,14H2. The second-order valence-electron chi connectivity index (χ2n) is 4.85. The van der Waals surface area contributed by atoms with Crippen LogP contribution in [0.4, 0.5) is 0 Å². The van der Waals surface area contributed by atoms with Gasteiger partial charge in [-0.1, -0.05) is 12.1 Å². The van der Waals surface area contributed by atoms with E-state index in [9.17, 15) is 0 Å². The van der Waals surface area contributed by atoms with E-state index in [-0.39, 0.29) is 5.54 Å². The lowest BCUT2D eigenvalue weighted by Crippen LogP contribution is -2.22. The molecule has 1 fully saturated rings. The highest BCUT2D eigenvalue weighted by Crippen LogP contribution is 2.36. The third-order valence-corrected chi connectivity index (χ3v) is 3.36. The van der Waals surface area contributed by atoms with E-state index in [0.29, 0.717) is 0 Å². The molecule has 0 amide bonds. The molecule has 4 nitrogen and oxygen atoms in total. The number of nitrogens with two attached hydrogens (primary N) is 1. The fraction of sp³-hybridized carbons (Fsp3) is 0.385. The highest BCUT2D eigenvalue weighted by atomic mass is 15.5. The van der Waals surface area contributed by atoms with Crippen LogP contribution in [-0.2, 0) is 6.42 Å². The lowest BCUT2D eigenvalue weighted by molar-refractivity contribution is 0.608. The monoisotopic (exact) mass is 228 g/mol. The fourth-order valence-corrected chi connectivity index (χ4v) is 1.99. The summed E-state index contributed by atoms with van der Waals surface area (Å²) >= 11 is 0. The SMILES string of the molecule is NC1(CCc2cccc(-n3nccn3)c2)CC1. The first-order valence-electron chi connectivity index (χ1n) is 6.00. The second-order valence-corrected chi connectivity index (χ2v) is 4.85. The van der Waals surface area contributed by atoms with Crippen LogP contribution in [0.5, 0.6) is 0 Å². The molecular weight excluding hydrogens is 212 g/mol. The van der Waals surface area contributed by atoms with Crippen LogP contribution in [-0.4, -0.2) is 20.5 Å². The Kier molecular flexibility index (Phi) is 2.44. The van der Waals surface area contributed by atoms with Gasteiger partial charge in [0.15, 0.2) is 0 Å². The van der Waals surface area contributed by atoms with Crippen LogP contribution < -0.4 is 5.73 Å². The van der Waals surface area contributed by atoms with E-state index in [2.05, 4.69) is 22.3 Å². The van der Waals surface area contributed by atoms with E-state index < -0.39 is 0 Å². The topological polar surface area (TPSA) is 56.7 Å². The minimum atomic E-state index is 0.125. The summed E-state index contributed by atoms with van der Waals surface area (Å²) in [7, 11) is 0. The van der Waals surface area contributed by atoms with Crippen molar-refractivity contribution in [3.63, 3.8) is 0 Å². The Morgan fingerprint density at radius 1 is 1.24 bits per heavy atom. The van der Waals surface area contributed by atoms with Crippen molar-refractivity contribution in [3.8, 4) is 5.69 Å². The van der Waals surface area contributed by atoms with Gasteiger partial charge < -0.3 is 5.73 Å². The molecule has 1 aromatic heterocycles. The van der Waals surface area contributed by atoms with E-state index in [0.717, 1.165) is 18.5 Å². The Morgan fingerprint density at radius 2 is 2.00 bits per heavy atom. The molecule has 3 rings (SSSR count). The first kappa shape index (κ1) is 10.5. The lowest BCUT2D eigenvalue weighted by atomic mass is 10.0. The van der Waals surface area contributed by atoms with Crippen molar-refractivity contribution in [2.75, 3.05) is 0 Å². The number of aromatic nitrogens is 3. The zero-order valence-electron chi connectivity index (χ0n) is 9.71. The minimum Gasteiger partial charge on any atom is -0.325 e. The molecule has 2 N–H and O–H groups in total. The van der Waals surface area contributed by atoms with Crippen molar-refractivity contribution in [1.82, 2.24) is 15.0 Å². The number of nitrogens with zero attached hydrogens (tertiary/aromatic N) is 3. The van der Waals surface area contributed by atoms with Gasteiger partial charge in [0.05, 0.1) is 18.1 Å². The van der Waals surface area contributed by atoms with Crippen LogP contribution in [0.2, 0.25) is 0 Å². The molecule has 1 aliphatic carbocycles. The van der Waals surface area contributed by atoms with Gasteiger partial charge >= 0.3 is 0 Å². The predicted octanol–water partition coefficient (Wildman–Crippen LogP) is 1.69. The molecule has 2 aromatic rings. The predicted molar refractivity (Wildman–Crippen MR) is 65.8 cm³/mol. The van der Waals surface area contributed by atoms with Gasteiger partial charge in [0, 0.05) is 5.54 Å². The van der Waals surface area contributed by atoms with Crippen LogP contribution in [0, 0.1) is 0 Å². The van der Waals surface area contributed by atoms with E-state index in [1.165, 1.54) is 18.4 Å². The summed E-state index contributed by atoms with van der Waals surface area (Å²) in [6.07, 6.45) is 7.83. The molecule has 88 valence electrons. The van der Waals surface area contributed by atoms with Crippen molar-refractivity contribution >= 4 is 0 Å². The average Bonchev–Trinajstić information content (AvgIpc) is 2.88. The maximum Gasteiger partial charge on any atom is 0.0859 e. The van der Waals surface area contributed by atoms with Crippen LogP contribution in [0.15, 0.2) is 36.7 Å². The highest BCUT2D eigenvalue weighted by molar-refractivity contribution is 5.34. The van der Waals surface area contributed by atoms with E-state index in [1.807, 2.05) is 12.1 Å². The summed E-state index contributed by atoms with van der Waals surface area (Å²) in [5, 5.41) is 8.26. The second kappa shape index (κ2) is 3.96. The van der Waals surface area contributed by atoms with Gasteiger partial charge in [-0.3, -0.25) is 0 Å². The van der Waals surface area contributed by atoms with Crippen molar-refractivity contribution in [2.45, 2.75) is 31.2 Å². The van der Waals surface area contributed by atoms with Crippen molar-refractivity contribution in [2.24, 2.45) is 5.73 Å². The smallest absolute Gasteiger partial charge is 0.0859 e. The Hall–Kier alpha value is -1.68. The number of rotatable bonds is 4. The van der Waals surface area contributed by atoms with E-state index in [4.69, 9.17) is 5.73 Å². The zero-order valence-corrected chi connectivity index (χ0v) is 9.71.